The summed E-state index contributed by atoms with van der Waals surface area (Å²) in [6, 6.07) is 57.8. The second kappa shape index (κ2) is 11.7. The molecule has 0 radical (unpaired) electrons. The molecule has 8 aromatic rings. The average molecular weight is 673 g/mol. The molecule has 0 spiro atoms. The lowest BCUT2D eigenvalue weighted by molar-refractivity contribution is 0.477. The molecule has 0 aromatic heterocycles. The molecule has 6 nitrogen and oxygen atoms in total. The summed E-state index contributed by atoms with van der Waals surface area (Å²) < 4.78 is 12.5. The van der Waals surface area contributed by atoms with E-state index < -0.39 is 0 Å². The highest BCUT2D eigenvalue weighted by Gasteiger charge is 2.27. The molecule has 0 amide bonds. The van der Waals surface area contributed by atoms with Gasteiger partial charge in [0.05, 0.1) is 34.1 Å². The zero-order chi connectivity index (χ0) is 34.8. The van der Waals surface area contributed by atoms with Crippen molar-refractivity contribution in [2.45, 2.75) is 0 Å². The van der Waals surface area contributed by atoms with Gasteiger partial charge in [0.2, 0.25) is 0 Å². The maximum absolute atomic E-state index is 7.01. The van der Waals surface area contributed by atoms with E-state index in [0.717, 1.165) is 90.1 Å². The van der Waals surface area contributed by atoms with E-state index in [1.54, 1.807) is 0 Å². The van der Waals surface area contributed by atoms with Gasteiger partial charge in [-0.15, -0.1) is 0 Å². The lowest BCUT2D eigenvalue weighted by atomic mass is 9.89. The Morgan fingerprint density at radius 3 is 0.942 bits per heavy atom. The molecular weight excluding hydrogens is 641 g/mol. The highest BCUT2D eigenvalue weighted by atomic mass is 16.5. The second-order valence-electron chi connectivity index (χ2n) is 13.0. The van der Waals surface area contributed by atoms with E-state index in [0.29, 0.717) is 11.4 Å². The van der Waals surface area contributed by atoms with Crippen molar-refractivity contribution < 1.29 is 9.47 Å². The summed E-state index contributed by atoms with van der Waals surface area (Å²) in [6.07, 6.45) is 0. The first kappa shape index (κ1) is 29.7. The molecule has 2 aliphatic rings. The fraction of sp³-hybridized carbons (Fsp3) is 0. The van der Waals surface area contributed by atoms with Gasteiger partial charge in [0.25, 0.3) is 0 Å². The van der Waals surface area contributed by atoms with Gasteiger partial charge in [-0.3, -0.25) is 0 Å². The van der Waals surface area contributed by atoms with Gasteiger partial charge in [-0.2, -0.15) is 0 Å². The predicted molar refractivity (Wildman–Crippen MR) is 213 cm³/mol. The number of rotatable bonds is 4. The lowest BCUT2D eigenvalue weighted by Gasteiger charge is -2.33. The van der Waals surface area contributed by atoms with E-state index in [2.05, 4.69) is 107 Å². The van der Waals surface area contributed by atoms with Crippen molar-refractivity contribution in [1.29, 1.82) is 0 Å². The molecule has 52 heavy (non-hydrogen) atoms. The minimum atomic E-state index is 0.559. The number of ether oxygens (including phenoxy) is 2. The molecule has 2 aliphatic heterocycles. The number of hydrogen-bond donors (Lipinski definition) is 2. The Morgan fingerprint density at radius 2 is 0.615 bits per heavy atom. The molecule has 0 bridgehead atoms. The van der Waals surface area contributed by atoms with Crippen LogP contribution in [-0.4, -0.2) is 0 Å². The number of fused-ring (bicyclic) bond motifs is 5. The minimum absolute atomic E-state index is 0.559. The van der Waals surface area contributed by atoms with Gasteiger partial charge in [-0.25, -0.2) is 0 Å². The first-order valence-electron chi connectivity index (χ1n) is 17.3. The average Bonchev–Trinajstić information content (AvgIpc) is 3.20. The third-order valence-electron chi connectivity index (χ3n) is 9.99. The van der Waals surface area contributed by atoms with Crippen LogP contribution in [0, 0.1) is 0 Å². The summed E-state index contributed by atoms with van der Waals surface area (Å²) in [5, 5.41) is 2.08. The molecule has 4 N–H and O–H groups in total. The van der Waals surface area contributed by atoms with Crippen LogP contribution in [-0.2, 0) is 0 Å². The maximum Gasteiger partial charge on any atom is 0.151 e. The van der Waals surface area contributed by atoms with E-state index in [1.165, 1.54) is 0 Å². The zero-order valence-electron chi connectivity index (χ0n) is 28.0. The fourth-order valence-corrected chi connectivity index (χ4v) is 7.62. The van der Waals surface area contributed by atoms with Crippen LogP contribution in [0.4, 0.5) is 45.5 Å². The number of anilines is 8. The van der Waals surface area contributed by atoms with Crippen LogP contribution in [0.5, 0.6) is 23.0 Å². The van der Waals surface area contributed by atoms with Crippen LogP contribution >= 0.6 is 0 Å². The van der Waals surface area contributed by atoms with Gasteiger partial charge in [-0.1, -0.05) is 97.1 Å². The Labute approximate surface area is 301 Å². The van der Waals surface area contributed by atoms with Gasteiger partial charge in [0.1, 0.15) is 0 Å². The summed E-state index contributed by atoms with van der Waals surface area (Å²) >= 11 is 0. The van der Waals surface area contributed by atoms with Gasteiger partial charge in [0.15, 0.2) is 23.0 Å². The monoisotopic (exact) mass is 672 g/mol. The standard InChI is InChI=1S/C46H32N4O2/c47-45-43(29-21-25-31(26-22-29)49-35-13-3-7-17-39(35)51-40-18-8-4-14-36(40)49)33-11-1-2-12-34(33)44(46(45)48)30-23-27-32(28-24-30)50-37-15-5-9-19-41(37)52-42-20-10-6-16-38(42)50/h1-28H,47-48H2. The minimum Gasteiger partial charge on any atom is -0.453 e. The molecule has 0 atom stereocenters. The van der Waals surface area contributed by atoms with E-state index in [4.69, 9.17) is 20.9 Å². The molecule has 0 unspecified atom stereocenters. The van der Waals surface area contributed by atoms with Crippen LogP contribution < -0.4 is 30.7 Å². The number of benzene rings is 8. The quantitative estimate of drug-likeness (QED) is 0.181. The van der Waals surface area contributed by atoms with Crippen LogP contribution in [0.15, 0.2) is 170 Å². The van der Waals surface area contributed by atoms with Crippen molar-refractivity contribution in [2.75, 3.05) is 21.3 Å². The van der Waals surface area contributed by atoms with Crippen molar-refractivity contribution in [3.8, 4) is 45.3 Å². The molecule has 10 rings (SSSR count). The fourth-order valence-electron chi connectivity index (χ4n) is 7.62. The first-order valence-corrected chi connectivity index (χ1v) is 17.3. The highest BCUT2D eigenvalue weighted by molar-refractivity contribution is 6.15. The zero-order valence-corrected chi connectivity index (χ0v) is 28.0. The topological polar surface area (TPSA) is 77.0 Å². The Balaban J connectivity index is 1.05. The molecule has 0 saturated heterocycles. The van der Waals surface area contributed by atoms with Crippen LogP contribution in [0.3, 0.4) is 0 Å². The number of nitrogens with two attached hydrogens (primary N) is 2. The Bertz CT molecular complexity index is 2390. The Morgan fingerprint density at radius 1 is 0.327 bits per heavy atom. The predicted octanol–water partition coefficient (Wildman–Crippen LogP) is 12.5. The van der Waals surface area contributed by atoms with Crippen molar-refractivity contribution in [3.63, 3.8) is 0 Å². The lowest BCUT2D eigenvalue weighted by Crippen LogP contribution is -2.15. The molecule has 8 aromatic carbocycles. The molecule has 2 heterocycles. The summed E-state index contributed by atoms with van der Waals surface area (Å²) in [5.41, 5.74) is 24.9. The Hall–Kier alpha value is -7.18. The largest absolute Gasteiger partial charge is 0.453 e. The van der Waals surface area contributed by atoms with Gasteiger partial charge in [-0.05, 0) is 94.7 Å². The molecule has 6 heteroatoms. The maximum atomic E-state index is 7.01. The van der Waals surface area contributed by atoms with E-state index in [1.807, 2.05) is 72.8 Å². The van der Waals surface area contributed by atoms with Crippen LogP contribution in [0.2, 0.25) is 0 Å². The van der Waals surface area contributed by atoms with E-state index >= 15 is 0 Å². The summed E-state index contributed by atoms with van der Waals surface area (Å²) in [5.74, 6) is 3.26. The first-order chi connectivity index (χ1) is 25.6. The molecule has 0 aliphatic carbocycles. The summed E-state index contributed by atoms with van der Waals surface area (Å²) in [7, 11) is 0. The number of nitrogen functional groups attached to an aromatic ring is 2. The molecule has 248 valence electrons. The second-order valence-corrected chi connectivity index (χ2v) is 13.0. The van der Waals surface area contributed by atoms with Crippen LogP contribution in [0.25, 0.3) is 33.0 Å². The van der Waals surface area contributed by atoms with Gasteiger partial charge in [0, 0.05) is 22.5 Å². The van der Waals surface area contributed by atoms with E-state index in [-0.39, 0.29) is 0 Å². The number of nitrogens with zero attached hydrogens (tertiary/aromatic N) is 2. The van der Waals surface area contributed by atoms with Crippen molar-refractivity contribution in [3.05, 3.63) is 170 Å². The van der Waals surface area contributed by atoms with Gasteiger partial charge < -0.3 is 30.7 Å². The number of hydrogen-bond acceptors (Lipinski definition) is 6. The number of para-hydroxylation sites is 8. The normalized spacial score (nSPS) is 12.6. The van der Waals surface area contributed by atoms with E-state index in [9.17, 15) is 0 Å². The van der Waals surface area contributed by atoms with Gasteiger partial charge >= 0.3 is 0 Å². The molecule has 0 fully saturated rings. The molecular formula is C46H32N4O2. The van der Waals surface area contributed by atoms with Crippen molar-refractivity contribution in [2.24, 2.45) is 0 Å². The Kier molecular flexibility index (Phi) is 6.69. The SMILES string of the molecule is Nc1c(N)c(-c2ccc(N3c4ccccc4Oc4ccccc43)cc2)c2ccccc2c1-c1ccc(N2c3ccccc3Oc3ccccc32)cc1. The summed E-state index contributed by atoms with van der Waals surface area (Å²) in [4.78, 5) is 4.46. The third kappa shape index (κ3) is 4.58. The third-order valence-corrected chi connectivity index (χ3v) is 9.99. The highest BCUT2D eigenvalue weighted by Crippen LogP contribution is 2.53. The van der Waals surface area contributed by atoms with Crippen molar-refractivity contribution in [1.82, 2.24) is 0 Å². The van der Waals surface area contributed by atoms with Crippen molar-refractivity contribution >= 4 is 56.3 Å². The van der Waals surface area contributed by atoms with Crippen LogP contribution in [0.1, 0.15) is 0 Å². The smallest absolute Gasteiger partial charge is 0.151 e. The summed E-state index contributed by atoms with van der Waals surface area (Å²) in [6.45, 7) is 0. The molecule has 0 saturated carbocycles.